The number of aliphatic hydroxyl groups is 1. The lowest BCUT2D eigenvalue weighted by Gasteiger charge is -2.38. The molecule has 1 heterocycles. The van der Waals surface area contributed by atoms with Gasteiger partial charge in [0, 0.05) is 12.5 Å². The van der Waals surface area contributed by atoms with Crippen LogP contribution in [-0.2, 0) is 9.47 Å². The van der Waals surface area contributed by atoms with Gasteiger partial charge >= 0.3 is 0 Å². The van der Waals surface area contributed by atoms with Crippen LogP contribution in [0.3, 0.4) is 0 Å². The lowest BCUT2D eigenvalue weighted by atomic mass is 9.69. The van der Waals surface area contributed by atoms with E-state index in [1.54, 1.807) is 0 Å². The van der Waals surface area contributed by atoms with Crippen LogP contribution in [-0.4, -0.2) is 31.2 Å². The van der Waals surface area contributed by atoms with Gasteiger partial charge in [0.2, 0.25) is 0 Å². The Kier molecular flexibility index (Phi) is 4.78. The van der Waals surface area contributed by atoms with Gasteiger partial charge in [-0.15, -0.1) is 0 Å². The summed E-state index contributed by atoms with van der Waals surface area (Å²) < 4.78 is 11.3. The highest BCUT2D eigenvalue weighted by atomic mass is 16.7. The number of aliphatic hydroxyl groups excluding tert-OH is 1. The predicted molar refractivity (Wildman–Crippen MR) is 73.7 cm³/mol. The summed E-state index contributed by atoms with van der Waals surface area (Å²) in [5.41, 5.74) is 0. The summed E-state index contributed by atoms with van der Waals surface area (Å²) in [6.45, 7) is 1.97. The Morgan fingerprint density at radius 2 is 1.16 bits per heavy atom. The van der Waals surface area contributed by atoms with E-state index in [0.29, 0.717) is 18.4 Å². The SMILES string of the molecule is OCC1CCC(C2CCC(C3OCCO3)CC2)CC1. The maximum absolute atomic E-state index is 9.22. The first-order chi connectivity index (χ1) is 9.36. The largest absolute Gasteiger partial charge is 0.396 e. The number of hydrogen-bond donors (Lipinski definition) is 1. The maximum atomic E-state index is 9.22. The fourth-order valence-electron chi connectivity index (χ4n) is 4.38. The third-order valence-corrected chi connectivity index (χ3v) is 5.67. The Bertz CT molecular complexity index is 259. The van der Waals surface area contributed by atoms with Gasteiger partial charge in [-0.05, 0) is 69.1 Å². The molecule has 0 radical (unpaired) electrons. The molecule has 3 fully saturated rings. The molecule has 19 heavy (non-hydrogen) atoms. The van der Waals surface area contributed by atoms with E-state index in [1.165, 1.54) is 51.4 Å². The van der Waals surface area contributed by atoms with E-state index in [0.717, 1.165) is 25.0 Å². The highest BCUT2D eigenvalue weighted by Gasteiger charge is 2.34. The van der Waals surface area contributed by atoms with E-state index in [-0.39, 0.29) is 6.29 Å². The third-order valence-electron chi connectivity index (χ3n) is 5.67. The summed E-state index contributed by atoms with van der Waals surface area (Å²) in [4.78, 5) is 0. The maximum Gasteiger partial charge on any atom is 0.160 e. The summed E-state index contributed by atoms with van der Waals surface area (Å²) in [5.74, 6) is 3.09. The van der Waals surface area contributed by atoms with Crippen molar-refractivity contribution in [3.8, 4) is 0 Å². The molecule has 3 heteroatoms. The molecule has 3 rings (SSSR count). The van der Waals surface area contributed by atoms with E-state index in [4.69, 9.17) is 9.47 Å². The molecule has 0 spiro atoms. The molecule has 0 unspecified atom stereocenters. The van der Waals surface area contributed by atoms with E-state index in [2.05, 4.69) is 0 Å². The molecule has 0 amide bonds. The molecule has 0 atom stereocenters. The van der Waals surface area contributed by atoms with Crippen LogP contribution in [0.5, 0.6) is 0 Å². The summed E-state index contributed by atoms with van der Waals surface area (Å²) >= 11 is 0. The minimum absolute atomic E-state index is 0.103. The third kappa shape index (κ3) is 3.32. The van der Waals surface area contributed by atoms with E-state index in [9.17, 15) is 5.11 Å². The molecule has 0 aromatic rings. The number of rotatable bonds is 3. The van der Waals surface area contributed by atoms with E-state index >= 15 is 0 Å². The summed E-state index contributed by atoms with van der Waals surface area (Å²) in [6.07, 6.45) is 10.6. The molecule has 1 aliphatic heterocycles. The van der Waals surface area contributed by atoms with Crippen LogP contribution in [0.1, 0.15) is 51.4 Å². The summed E-state index contributed by atoms with van der Waals surface area (Å²) in [7, 11) is 0. The molecule has 0 aromatic heterocycles. The number of hydrogen-bond acceptors (Lipinski definition) is 3. The molecule has 110 valence electrons. The first-order valence-corrected chi connectivity index (χ1v) is 8.21. The zero-order valence-electron chi connectivity index (χ0n) is 11.9. The second-order valence-electron chi connectivity index (χ2n) is 6.75. The summed E-state index contributed by atoms with van der Waals surface area (Å²) in [5, 5.41) is 9.22. The molecular formula is C16H28O3. The van der Waals surface area contributed by atoms with Crippen LogP contribution < -0.4 is 0 Å². The minimum atomic E-state index is 0.103. The van der Waals surface area contributed by atoms with Crippen LogP contribution in [0, 0.1) is 23.7 Å². The first kappa shape index (κ1) is 13.8. The first-order valence-electron chi connectivity index (χ1n) is 8.21. The Balaban J connectivity index is 1.42. The molecule has 3 aliphatic rings. The van der Waals surface area contributed by atoms with Crippen molar-refractivity contribution in [1.82, 2.24) is 0 Å². The summed E-state index contributed by atoms with van der Waals surface area (Å²) in [6, 6.07) is 0. The van der Waals surface area contributed by atoms with Gasteiger partial charge < -0.3 is 14.6 Å². The molecule has 0 aromatic carbocycles. The lowest BCUT2D eigenvalue weighted by Crippen LogP contribution is -2.31. The van der Waals surface area contributed by atoms with Gasteiger partial charge in [0.05, 0.1) is 13.2 Å². The average Bonchev–Trinajstić information content (AvgIpc) is 3.02. The van der Waals surface area contributed by atoms with E-state index in [1.807, 2.05) is 0 Å². The molecule has 0 bridgehead atoms. The van der Waals surface area contributed by atoms with Gasteiger partial charge in [-0.1, -0.05) is 0 Å². The van der Waals surface area contributed by atoms with Crippen molar-refractivity contribution in [3.05, 3.63) is 0 Å². The number of ether oxygens (including phenoxy) is 2. The fourth-order valence-corrected chi connectivity index (χ4v) is 4.38. The zero-order chi connectivity index (χ0) is 13.1. The van der Waals surface area contributed by atoms with Crippen LogP contribution in [0.25, 0.3) is 0 Å². The molecule has 2 saturated carbocycles. The van der Waals surface area contributed by atoms with Gasteiger partial charge in [0.15, 0.2) is 6.29 Å². The highest BCUT2D eigenvalue weighted by Crippen LogP contribution is 2.42. The van der Waals surface area contributed by atoms with Crippen LogP contribution >= 0.6 is 0 Å². The van der Waals surface area contributed by atoms with Crippen molar-refractivity contribution in [2.24, 2.45) is 23.7 Å². The van der Waals surface area contributed by atoms with Gasteiger partial charge in [0.1, 0.15) is 0 Å². The molecule has 1 N–H and O–H groups in total. The Morgan fingerprint density at radius 1 is 0.684 bits per heavy atom. The fraction of sp³-hybridized carbons (Fsp3) is 1.00. The van der Waals surface area contributed by atoms with Gasteiger partial charge in [0.25, 0.3) is 0 Å². The second-order valence-corrected chi connectivity index (χ2v) is 6.75. The second kappa shape index (κ2) is 6.55. The van der Waals surface area contributed by atoms with E-state index < -0.39 is 0 Å². The van der Waals surface area contributed by atoms with Crippen molar-refractivity contribution in [1.29, 1.82) is 0 Å². The topological polar surface area (TPSA) is 38.7 Å². The van der Waals surface area contributed by atoms with Crippen LogP contribution in [0.15, 0.2) is 0 Å². The Morgan fingerprint density at radius 3 is 1.68 bits per heavy atom. The standard InChI is InChI=1S/C16H28O3/c17-11-12-1-3-13(4-2-12)14-5-7-15(8-6-14)16-18-9-10-19-16/h12-17H,1-11H2. The lowest BCUT2D eigenvalue weighted by molar-refractivity contribution is -0.0973. The molecular weight excluding hydrogens is 240 g/mol. The van der Waals surface area contributed by atoms with Gasteiger partial charge in [-0.3, -0.25) is 0 Å². The average molecular weight is 268 g/mol. The van der Waals surface area contributed by atoms with Crippen molar-refractivity contribution < 1.29 is 14.6 Å². The van der Waals surface area contributed by atoms with Crippen LogP contribution in [0.2, 0.25) is 0 Å². The monoisotopic (exact) mass is 268 g/mol. The predicted octanol–water partition coefficient (Wildman–Crippen LogP) is 2.96. The van der Waals surface area contributed by atoms with Crippen molar-refractivity contribution in [3.63, 3.8) is 0 Å². The molecule has 1 saturated heterocycles. The smallest absolute Gasteiger partial charge is 0.160 e. The quantitative estimate of drug-likeness (QED) is 0.855. The minimum Gasteiger partial charge on any atom is -0.396 e. The Hall–Kier alpha value is -0.120. The Labute approximate surface area is 116 Å². The molecule has 2 aliphatic carbocycles. The van der Waals surface area contributed by atoms with Crippen LogP contribution in [0.4, 0.5) is 0 Å². The van der Waals surface area contributed by atoms with Gasteiger partial charge in [-0.25, -0.2) is 0 Å². The van der Waals surface area contributed by atoms with Crippen molar-refractivity contribution in [2.45, 2.75) is 57.7 Å². The zero-order valence-corrected chi connectivity index (χ0v) is 11.9. The normalized spacial score (nSPS) is 41.5. The van der Waals surface area contributed by atoms with Gasteiger partial charge in [-0.2, -0.15) is 0 Å². The highest BCUT2D eigenvalue weighted by molar-refractivity contribution is 4.83. The van der Waals surface area contributed by atoms with Crippen molar-refractivity contribution >= 4 is 0 Å². The van der Waals surface area contributed by atoms with Crippen molar-refractivity contribution in [2.75, 3.05) is 19.8 Å². The molecule has 3 nitrogen and oxygen atoms in total.